The standard InChI is InChI=1S/C15H20N2O/c1-2-16-11-10-15-17-12-14(18-15)9-8-13-6-4-3-5-7-13/h3-7,12,16H,2,8-11H2,1H3. The SMILES string of the molecule is CCNCCc1ncc(CCc2ccccc2)o1. The highest BCUT2D eigenvalue weighted by atomic mass is 16.4. The largest absolute Gasteiger partial charge is 0.446 e. The predicted molar refractivity (Wildman–Crippen MR) is 72.6 cm³/mol. The first-order chi connectivity index (χ1) is 8.88. The van der Waals surface area contributed by atoms with E-state index < -0.39 is 0 Å². The molecular formula is C15H20N2O. The van der Waals surface area contributed by atoms with Crippen LogP contribution in [0.2, 0.25) is 0 Å². The van der Waals surface area contributed by atoms with Crippen molar-refractivity contribution in [3.05, 3.63) is 53.7 Å². The van der Waals surface area contributed by atoms with Crippen molar-refractivity contribution in [2.45, 2.75) is 26.2 Å². The van der Waals surface area contributed by atoms with Crippen molar-refractivity contribution in [3.63, 3.8) is 0 Å². The van der Waals surface area contributed by atoms with E-state index in [1.807, 2.05) is 12.3 Å². The first-order valence-electron chi connectivity index (χ1n) is 6.56. The normalized spacial score (nSPS) is 10.7. The number of hydrogen-bond donors (Lipinski definition) is 1. The fraction of sp³-hybridized carbons (Fsp3) is 0.400. The van der Waals surface area contributed by atoms with Crippen LogP contribution in [-0.4, -0.2) is 18.1 Å². The summed E-state index contributed by atoms with van der Waals surface area (Å²) in [6, 6.07) is 10.5. The number of nitrogens with one attached hydrogen (secondary N) is 1. The van der Waals surface area contributed by atoms with Crippen molar-refractivity contribution in [1.29, 1.82) is 0 Å². The quantitative estimate of drug-likeness (QED) is 0.761. The average molecular weight is 244 g/mol. The molecule has 0 bridgehead atoms. The lowest BCUT2D eigenvalue weighted by Crippen LogP contribution is -2.16. The molecule has 18 heavy (non-hydrogen) atoms. The monoisotopic (exact) mass is 244 g/mol. The summed E-state index contributed by atoms with van der Waals surface area (Å²) >= 11 is 0. The van der Waals surface area contributed by atoms with Crippen molar-refractivity contribution in [1.82, 2.24) is 10.3 Å². The van der Waals surface area contributed by atoms with E-state index in [1.54, 1.807) is 0 Å². The van der Waals surface area contributed by atoms with E-state index in [1.165, 1.54) is 5.56 Å². The molecule has 0 atom stereocenters. The van der Waals surface area contributed by atoms with Gasteiger partial charge in [0.25, 0.3) is 0 Å². The average Bonchev–Trinajstić information content (AvgIpc) is 2.86. The zero-order chi connectivity index (χ0) is 12.6. The first-order valence-corrected chi connectivity index (χ1v) is 6.56. The van der Waals surface area contributed by atoms with Crippen LogP contribution in [0.5, 0.6) is 0 Å². The molecule has 3 heteroatoms. The molecule has 0 spiro atoms. The molecular weight excluding hydrogens is 224 g/mol. The number of aryl methyl sites for hydroxylation is 2. The van der Waals surface area contributed by atoms with Gasteiger partial charge in [0.1, 0.15) is 5.76 Å². The van der Waals surface area contributed by atoms with E-state index in [-0.39, 0.29) is 0 Å². The Morgan fingerprint density at radius 3 is 2.72 bits per heavy atom. The zero-order valence-corrected chi connectivity index (χ0v) is 10.9. The molecule has 0 aliphatic heterocycles. The van der Waals surface area contributed by atoms with Crippen LogP contribution in [0, 0.1) is 0 Å². The Bertz CT molecular complexity index is 451. The molecule has 0 aliphatic carbocycles. The molecule has 1 N–H and O–H groups in total. The second kappa shape index (κ2) is 6.97. The number of likely N-dealkylation sites (N-methyl/N-ethyl adjacent to an activating group) is 1. The Labute approximate surface area is 108 Å². The van der Waals surface area contributed by atoms with Crippen LogP contribution in [-0.2, 0) is 19.3 Å². The Morgan fingerprint density at radius 1 is 1.11 bits per heavy atom. The fourth-order valence-electron chi connectivity index (χ4n) is 1.86. The molecule has 0 aliphatic rings. The van der Waals surface area contributed by atoms with Gasteiger partial charge < -0.3 is 9.73 Å². The predicted octanol–water partition coefficient (Wildman–Crippen LogP) is 2.61. The van der Waals surface area contributed by atoms with Crippen molar-refractivity contribution >= 4 is 0 Å². The van der Waals surface area contributed by atoms with Crippen LogP contribution in [0.3, 0.4) is 0 Å². The van der Waals surface area contributed by atoms with Gasteiger partial charge in [-0.15, -0.1) is 0 Å². The number of rotatable bonds is 7. The maximum atomic E-state index is 5.70. The van der Waals surface area contributed by atoms with Crippen LogP contribution in [0.25, 0.3) is 0 Å². The number of benzene rings is 1. The lowest BCUT2D eigenvalue weighted by molar-refractivity contribution is 0.449. The Hall–Kier alpha value is -1.61. The van der Waals surface area contributed by atoms with Crippen molar-refractivity contribution < 1.29 is 4.42 Å². The second-order valence-corrected chi connectivity index (χ2v) is 4.31. The molecule has 0 saturated carbocycles. The van der Waals surface area contributed by atoms with Gasteiger partial charge in [-0.1, -0.05) is 37.3 Å². The summed E-state index contributed by atoms with van der Waals surface area (Å²) in [6.07, 6.45) is 4.63. The van der Waals surface area contributed by atoms with E-state index in [4.69, 9.17) is 4.42 Å². The van der Waals surface area contributed by atoms with Gasteiger partial charge in [-0.2, -0.15) is 0 Å². The minimum absolute atomic E-state index is 0.832. The smallest absolute Gasteiger partial charge is 0.195 e. The highest BCUT2D eigenvalue weighted by Gasteiger charge is 2.03. The molecule has 0 fully saturated rings. The van der Waals surface area contributed by atoms with Crippen LogP contribution in [0.1, 0.15) is 24.1 Å². The van der Waals surface area contributed by atoms with Gasteiger partial charge in [0.05, 0.1) is 6.20 Å². The Balaban J connectivity index is 1.80. The fourth-order valence-corrected chi connectivity index (χ4v) is 1.86. The van der Waals surface area contributed by atoms with Crippen molar-refractivity contribution in [3.8, 4) is 0 Å². The third-order valence-corrected chi connectivity index (χ3v) is 2.87. The molecule has 1 aromatic heterocycles. The molecule has 1 heterocycles. The lowest BCUT2D eigenvalue weighted by Gasteiger charge is -1.99. The van der Waals surface area contributed by atoms with Gasteiger partial charge in [-0.25, -0.2) is 4.98 Å². The van der Waals surface area contributed by atoms with E-state index in [9.17, 15) is 0 Å². The van der Waals surface area contributed by atoms with E-state index in [0.29, 0.717) is 0 Å². The van der Waals surface area contributed by atoms with E-state index >= 15 is 0 Å². The van der Waals surface area contributed by atoms with Gasteiger partial charge >= 0.3 is 0 Å². The van der Waals surface area contributed by atoms with E-state index in [0.717, 1.165) is 44.0 Å². The number of hydrogen-bond acceptors (Lipinski definition) is 3. The number of aromatic nitrogens is 1. The van der Waals surface area contributed by atoms with E-state index in [2.05, 4.69) is 41.5 Å². The van der Waals surface area contributed by atoms with Crippen LogP contribution in [0.4, 0.5) is 0 Å². The van der Waals surface area contributed by atoms with Gasteiger partial charge in [0.15, 0.2) is 5.89 Å². The Morgan fingerprint density at radius 2 is 1.94 bits per heavy atom. The van der Waals surface area contributed by atoms with Crippen molar-refractivity contribution in [2.24, 2.45) is 0 Å². The van der Waals surface area contributed by atoms with Crippen LogP contribution < -0.4 is 5.32 Å². The maximum Gasteiger partial charge on any atom is 0.195 e. The third-order valence-electron chi connectivity index (χ3n) is 2.87. The summed E-state index contributed by atoms with van der Waals surface area (Å²) in [5.74, 6) is 1.81. The summed E-state index contributed by atoms with van der Waals surface area (Å²) in [4.78, 5) is 4.29. The first kappa shape index (κ1) is 12.8. The minimum Gasteiger partial charge on any atom is -0.446 e. The molecule has 0 amide bonds. The summed E-state index contributed by atoms with van der Waals surface area (Å²) in [6.45, 7) is 4.01. The molecule has 0 radical (unpaired) electrons. The Kier molecular flexibility index (Phi) is 4.97. The topological polar surface area (TPSA) is 38.1 Å². The van der Waals surface area contributed by atoms with Crippen molar-refractivity contribution in [2.75, 3.05) is 13.1 Å². The summed E-state index contributed by atoms with van der Waals surface area (Å²) in [5.41, 5.74) is 1.34. The highest BCUT2D eigenvalue weighted by molar-refractivity contribution is 5.15. The molecule has 2 rings (SSSR count). The molecule has 96 valence electrons. The third kappa shape index (κ3) is 4.00. The summed E-state index contributed by atoms with van der Waals surface area (Å²) in [5, 5.41) is 3.26. The second-order valence-electron chi connectivity index (χ2n) is 4.31. The molecule has 2 aromatic rings. The number of nitrogens with zero attached hydrogens (tertiary/aromatic N) is 1. The van der Waals surface area contributed by atoms with Gasteiger partial charge in [0, 0.05) is 19.4 Å². The van der Waals surface area contributed by atoms with Crippen LogP contribution >= 0.6 is 0 Å². The number of oxazole rings is 1. The van der Waals surface area contributed by atoms with Crippen LogP contribution in [0.15, 0.2) is 40.9 Å². The lowest BCUT2D eigenvalue weighted by atomic mass is 10.1. The molecule has 0 saturated heterocycles. The minimum atomic E-state index is 0.832. The van der Waals surface area contributed by atoms with Gasteiger partial charge in [0.2, 0.25) is 0 Å². The van der Waals surface area contributed by atoms with Gasteiger partial charge in [-0.3, -0.25) is 0 Å². The summed E-state index contributed by atoms with van der Waals surface area (Å²) in [7, 11) is 0. The highest BCUT2D eigenvalue weighted by Crippen LogP contribution is 2.09. The maximum absolute atomic E-state index is 5.70. The summed E-state index contributed by atoms with van der Waals surface area (Å²) < 4.78 is 5.70. The molecule has 0 unspecified atom stereocenters. The molecule has 1 aromatic carbocycles. The zero-order valence-electron chi connectivity index (χ0n) is 10.9. The van der Waals surface area contributed by atoms with Gasteiger partial charge in [-0.05, 0) is 18.5 Å². The molecule has 3 nitrogen and oxygen atoms in total.